The lowest BCUT2D eigenvalue weighted by atomic mass is 9.35. The fourth-order valence-electron chi connectivity index (χ4n) is 11.5. The molecule has 0 aliphatic heterocycles. The first kappa shape index (κ1) is 40.1. The third kappa shape index (κ3) is 6.70. The smallest absolute Gasteiger partial charge is 0.240 e. The lowest BCUT2D eigenvalue weighted by molar-refractivity contribution is 0.660. The summed E-state index contributed by atoms with van der Waals surface area (Å²) >= 11 is 0. The molecular weight excluding hydrogens is 794 g/mol. The molecule has 8 aromatic carbocycles. The Balaban J connectivity index is 0.834. The molecule has 8 aromatic rings. The van der Waals surface area contributed by atoms with Crippen molar-refractivity contribution < 1.29 is 0 Å². The van der Waals surface area contributed by atoms with Gasteiger partial charge in [0.25, 0.3) is 0 Å². The van der Waals surface area contributed by atoms with Gasteiger partial charge in [0.15, 0.2) is 0 Å². The lowest BCUT2D eigenvalue weighted by Gasteiger charge is -2.28. The molecule has 0 amide bonds. The molecule has 0 N–H and O–H groups in total. The first-order chi connectivity index (χ1) is 32.2. The highest BCUT2D eigenvalue weighted by molar-refractivity contribution is 6.91. The van der Waals surface area contributed by atoms with Crippen LogP contribution in [0.1, 0.15) is 67.5 Å². The third-order valence-electron chi connectivity index (χ3n) is 15.1. The van der Waals surface area contributed by atoms with E-state index >= 15 is 0 Å². The Morgan fingerprint density at radius 2 is 1.05 bits per heavy atom. The Kier molecular flexibility index (Phi) is 9.51. The van der Waals surface area contributed by atoms with Crippen molar-refractivity contribution in [3.8, 4) is 22.3 Å². The molecule has 0 saturated carbocycles. The van der Waals surface area contributed by atoms with Crippen molar-refractivity contribution in [2.24, 2.45) is 5.92 Å². The Hall–Kier alpha value is -7.42. The maximum absolute atomic E-state index is 2.51. The SMILES string of the molecule is CC1(C)c2cc(C=Cc3ccc4c(c3)C(C)(C)c3cc(N(c5ccccc5)c5ccc6ccccc6c5)ccc3-4)ccc2-c2ccc(B(C3=CCC4C=CC=CC4=C3)c3ccccc3)cc21. The third-order valence-corrected chi connectivity index (χ3v) is 15.1. The van der Waals surface area contributed by atoms with Gasteiger partial charge in [-0.2, -0.15) is 0 Å². The summed E-state index contributed by atoms with van der Waals surface area (Å²) < 4.78 is 0. The summed E-state index contributed by atoms with van der Waals surface area (Å²) in [5.41, 5.74) is 22.0. The van der Waals surface area contributed by atoms with Crippen LogP contribution in [-0.4, -0.2) is 6.71 Å². The summed E-state index contributed by atoms with van der Waals surface area (Å²) in [6.45, 7) is 9.76. The van der Waals surface area contributed by atoms with Crippen LogP contribution in [0.15, 0.2) is 223 Å². The number of fused-ring (bicyclic) bond motifs is 8. The highest BCUT2D eigenvalue weighted by Gasteiger charge is 2.38. The molecule has 12 rings (SSSR count). The molecule has 0 aromatic heterocycles. The molecule has 0 spiro atoms. The molecule has 0 fully saturated rings. The predicted molar refractivity (Wildman–Crippen MR) is 283 cm³/mol. The van der Waals surface area contributed by atoms with Crippen molar-refractivity contribution in [3.63, 3.8) is 0 Å². The Morgan fingerprint density at radius 3 is 1.74 bits per heavy atom. The summed E-state index contributed by atoms with van der Waals surface area (Å²) in [7, 11) is 0. The van der Waals surface area contributed by atoms with Gasteiger partial charge in [-0.05, 0) is 115 Å². The van der Waals surface area contributed by atoms with Crippen molar-refractivity contribution in [1.29, 1.82) is 0 Å². The van der Waals surface area contributed by atoms with E-state index in [2.05, 4.69) is 257 Å². The number of nitrogens with zero attached hydrogens (tertiary/aromatic N) is 1. The fraction of sp³-hybridized carbons (Fsp3) is 0.125. The molecule has 1 unspecified atom stereocenters. The van der Waals surface area contributed by atoms with Crippen molar-refractivity contribution in [2.45, 2.75) is 44.9 Å². The quantitative estimate of drug-likeness (QED) is 0.109. The molecule has 0 saturated heterocycles. The van der Waals surface area contributed by atoms with Gasteiger partial charge in [-0.25, -0.2) is 0 Å². The molecular formula is C64H52BN. The van der Waals surface area contributed by atoms with Crippen molar-refractivity contribution in [2.75, 3.05) is 4.90 Å². The molecule has 4 aliphatic carbocycles. The summed E-state index contributed by atoms with van der Waals surface area (Å²) in [6, 6.07) is 65.7. The zero-order chi connectivity index (χ0) is 44.6. The van der Waals surface area contributed by atoms with Gasteiger partial charge in [0.1, 0.15) is 0 Å². The van der Waals surface area contributed by atoms with E-state index in [0.717, 1.165) is 23.5 Å². The van der Waals surface area contributed by atoms with E-state index in [1.165, 1.54) is 88.4 Å². The molecule has 66 heavy (non-hydrogen) atoms. The van der Waals surface area contributed by atoms with Crippen LogP contribution in [0.2, 0.25) is 0 Å². The van der Waals surface area contributed by atoms with Gasteiger partial charge in [0.2, 0.25) is 6.71 Å². The topological polar surface area (TPSA) is 3.24 Å². The molecule has 0 radical (unpaired) electrons. The number of rotatable bonds is 8. The number of hydrogen-bond donors (Lipinski definition) is 0. The number of allylic oxidation sites excluding steroid dienone is 8. The van der Waals surface area contributed by atoms with Crippen molar-refractivity contribution in [3.05, 3.63) is 257 Å². The second kappa shape index (κ2) is 15.6. The average Bonchev–Trinajstić information content (AvgIpc) is 3.72. The number of anilines is 3. The molecule has 1 atom stereocenters. The van der Waals surface area contributed by atoms with E-state index in [1.54, 1.807) is 0 Å². The van der Waals surface area contributed by atoms with Gasteiger partial charge >= 0.3 is 0 Å². The lowest BCUT2D eigenvalue weighted by Crippen LogP contribution is -2.44. The van der Waals surface area contributed by atoms with E-state index in [-0.39, 0.29) is 17.5 Å². The van der Waals surface area contributed by atoms with Crippen LogP contribution in [-0.2, 0) is 10.8 Å². The van der Waals surface area contributed by atoms with Crippen LogP contribution in [0.25, 0.3) is 45.2 Å². The maximum Gasteiger partial charge on any atom is 0.240 e. The number of para-hydroxylation sites is 1. The minimum absolute atomic E-state index is 0.139. The van der Waals surface area contributed by atoms with Crippen LogP contribution < -0.4 is 15.8 Å². The van der Waals surface area contributed by atoms with E-state index < -0.39 is 0 Å². The minimum atomic E-state index is -0.172. The van der Waals surface area contributed by atoms with Gasteiger partial charge in [-0.15, -0.1) is 0 Å². The summed E-state index contributed by atoms with van der Waals surface area (Å²) in [4.78, 5) is 2.39. The van der Waals surface area contributed by atoms with Gasteiger partial charge in [0, 0.05) is 33.8 Å². The standard InChI is InChI=1S/C64H52BN/c1-63(2)59-37-43(25-33-55(59)57-35-30-51(41-61(57)63)65(49-19-7-5-8-20-49)50-29-27-45-15-11-13-17-47(45)39-50)23-24-44-26-34-56-58-36-32-54(42-62(58)64(3,4)60(56)38-44)66(52-21-9-6-10-22-52)53-31-28-46-16-12-14-18-48(46)40-53/h5-26,28-42,45H,27H2,1-4H3. The van der Waals surface area contributed by atoms with E-state index in [1.807, 2.05) is 0 Å². The van der Waals surface area contributed by atoms with Gasteiger partial charge < -0.3 is 4.90 Å². The van der Waals surface area contributed by atoms with Crippen molar-refractivity contribution >= 4 is 57.6 Å². The van der Waals surface area contributed by atoms with Gasteiger partial charge in [-0.1, -0.05) is 232 Å². The van der Waals surface area contributed by atoms with Crippen LogP contribution in [0.5, 0.6) is 0 Å². The highest BCUT2D eigenvalue weighted by Crippen LogP contribution is 2.52. The van der Waals surface area contributed by atoms with E-state index in [0.29, 0.717) is 5.92 Å². The summed E-state index contributed by atoms with van der Waals surface area (Å²) in [5, 5.41) is 2.48. The minimum Gasteiger partial charge on any atom is -0.310 e. The molecule has 2 heteroatoms. The zero-order valence-electron chi connectivity index (χ0n) is 38.2. The molecule has 1 nitrogen and oxygen atoms in total. The van der Waals surface area contributed by atoms with Crippen LogP contribution >= 0.6 is 0 Å². The normalized spacial score (nSPS) is 16.8. The zero-order valence-corrected chi connectivity index (χ0v) is 38.2. The Bertz CT molecular complexity index is 3400. The monoisotopic (exact) mass is 845 g/mol. The summed E-state index contributed by atoms with van der Waals surface area (Å²) in [5.74, 6) is 0.479. The predicted octanol–water partition coefficient (Wildman–Crippen LogP) is 15.2. The molecule has 0 bridgehead atoms. The molecule has 4 aliphatic rings. The number of benzene rings is 8. The van der Waals surface area contributed by atoms with Crippen LogP contribution in [0.3, 0.4) is 0 Å². The van der Waals surface area contributed by atoms with Gasteiger partial charge in [0.05, 0.1) is 0 Å². The second-order valence-corrected chi connectivity index (χ2v) is 19.7. The molecule has 316 valence electrons. The number of hydrogen-bond acceptors (Lipinski definition) is 1. The van der Waals surface area contributed by atoms with Crippen molar-refractivity contribution in [1.82, 2.24) is 0 Å². The van der Waals surface area contributed by atoms with E-state index in [4.69, 9.17) is 0 Å². The highest BCUT2D eigenvalue weighted by atomic mass is 15.1. The Morgan fingerprint density at radius 1 is 0.485 bits per heavy atom. The second-order valence-electron chi connectivity index (χ2n) is 19.7. The van der Waals surface area contributed by atoms with E-state index in [9.17, 15) is 0 Å². The Labute approximate surface area is 390 Å². The largest absolute Gasteiger partial charge is 0.310 e. The first-order valence-corrected chi connectivity index (χ1v) is 23.6. The molecule has 0 heterocycles. The first-order valence-electron chi connectivity index (χ1n) is 23.6. The fourth-order valence-corrected chi connectivity index (χ4v) is 11.5. The maximum atomic E-state index is 2.51. The average molecular weight is 846 g/mol. The van der Waals surface area contributed by atoms with Crippen LogP contribution in [0, 0.1) is 5.92 Å². The van der Waals surface area contributed by atoms with Gasteiger partial charge in [-0.3, -0.25) is 0 Å². The van der Waals surface area contributed by atoms with Crippen LogP contribution in [0.4, 0.5) is 17.1 Å². The summed E-state index contributed by atoms with van der Waals surface area (Å²) in [6.07, 6.45) is 19.6.